The predicted octanol–water partition coefficient (Wildman–Crippen LogP) is 2.63. The maximum atomic E-state index is 13.1. The van der Waals surface area contributed by atoms with Crippen LogP contribution < -0.4 is 5.32 Å². The molecule has 2 fully saturated rings. The Labute approximate surface area is 154 Å². The van der Waals surface area contributed by atoms with E-state index in [2.05, 4.69) is 5.32 Å². The summed E-state index contributed by atoms with van der Waals surface area (Å²) >= 11 is 0. The van der Waals surface area contributed by atoms with Crippen molar-refractivity contribution in [1.29, 1.82) is 0 Å². The standard InChI is InChI=1S/C20H27N3O3/c1-4-20(16-11-6-5-7-12-16)18(25)22(19(26)21-20)13-17(24)23-14(2)9-8-10-15(23)3/h5-7,11-12,14-15H,4,8-10,13H2,1-3H3,(H,21,26)/t14-,15-,20+/m0/s1. The maximum absolute atomic E-state index is 13.1. The van der Waals surface area contributed by atoms with Crippen LogP contribution in [0.1, 0.15) is 52.0 Å². The Bertz CT molecular complexity index is 696. The molecule has 0 spiro atoms. The van der Waals surface area contributed by atoms with Gasteiger partial charge in [0.1, 0.15) is 12.1 Å². The molecular weight excluding hydrogens is 330 g/mol. The summed E-state index contributed by atoms with van der Waals surface area (Å²) in [5.74, 6) is -0.505. The second-order valence-corrected chi connectivity index (χ2v) is 7.38. The average Bonchev–Trinajstić information content (AvgIpc) is 2.87. The molecule has 0 saturated carbocycles. The van der Waals surface area contributed by atoms with Crippen molar-refractivity contribution < 1.29 is 14.4 Å². The van der Waals surface area contributed by atoms with Crippen LogP contribution >= 0.6 is 0 Å². The van der Waals surface area contributed by atoms with Crippen molar-refractivity contribution in [2.45, 2.75) is 64.1 Å². The summed E-state index contributed by atoms with van der Waals surface area (Å²) in [6, 6.07) is 9.01. The SMILES string of the molecule is CC[C@]1(c2ccccc2)NC(=O)N(CC(=O)N2[C@@H](C)CCC[C@@H]2C)C1=O. The molecule has 2 aliphatic rings. The number of imide groups is 1. The number of hydrogen-bond donors (Lipinski definition) is 1. The molecule has 2 aliphatic heterocycles. The van der Waals surface area contributed by atoms with E-state index in [1.54, 1.807) is 0 Å². The third-order valence-electron chi connectivity index (χ3n) is 5.75. The van der Waals surface area contributed by atoms with Crippen molar-refractivity contribution in [1.82, 2.24) is 15.1 Å². The van der Waals surface area contributed by atoms with Gasteiger partial charge in [0.2, 0.25) is 5.91 Å². The summed E-state index contributed by atoms with van der Waals surface area (Å²) in [6.45, 7) is 5.72. The van der Waals surface area contributed by atoms with Crippen LogP contribution in [0.15, 0.2) is 30.3 Å². The molecule has 1 aromatic rings. The van der Waals surface area contributed by atoms with Crippen LogP contribution in [-0.4, -0.2) is 46.3 Å². The van der Waals surface area contributed by atoms with Crippen LogP contribution in [0.25, 0.3) is 0 Å². The summed E-state index contributed by atoms with van der Waals surface area (Å²) < 4.78 is 0. The van der Waals surface area contributed by atoms with Gasteiger partial charge in [0.25, 0.3) is 5.91 Å². The lowest BCUT2D eigenvalue weighted by molar-refractivity contribution is -0.143. The van der Waals surface area contributed by atoms with E-state index < -0.39 is 11.6 Å². The topological polar surface area (TPSA) is 69.7 Å². The van der Waals surface area contributed by atoms with Crippen LogP contribution in [0, 0.1) is 0 Å². The Morgan fingerprint density at radius 3 is 2.35 bits per heavy atom. The molecule has 3 atom stereocenters. The number of benzene rings is 1. The number of amides is 4. The fourth-order valence-corrected chi connectivity index (χ4v) is 4.26. The second-order valence-electron chi connectivity index (χ2n) is 7.38. The van der Waals surface area contributed by atoms with Gasteiger partial charge in [-0.1, -0.05) is 37.3 Å². The molecule has 140 valence electrons. The molecule has 4 amide bonds. The summed E-state index contributed by atoms with van der Waals surface area (Å²) in [4.78, 5) is 41.4. The fourth-order valence-electron chi connectivity index (χ4n) is 4.26. The maximum Gasteiger partial charge on any atom is 0.325 e. The third kappa shape index (κ3) is 2.97. The van der Waals surface area contributed by atoms with Crippen molar-refractivity contribution in [3.8, 4) is 0 Å². The zero-order valence-corrected chi connectivity index (χ0v) is 15.7. The van der Waals surface area contributed by atoms with E-state index in [0.29, 0.717) is 6.42 Å². The monoisotopic (exact) mass is 357 g/mol. The highest BCUT2D eigenvalue weighted by Gasteiger charge is 2.52. The first-order valence-corrected chi connectivity index (χ1v) is 9.41. The van der Waals surface area contributed by atoms with Crippen LogP contribution in [0.4, 0.5) is 4.79 Å². The van der Waals surface area contributed by atoms with E-state index >= 15 is 0 Å². The normalized spacial score (nSPS) is 29.0. The molecule has 0 unspecified atom stereocenters. The number of likely N-dealkylation sites (tertiary alicyclic amines) is 1. The van der Waals surface area contributed by atoms with E-state index in [-0.39, 0.29) is 30.4 Å². The summed E-state index contributed by atoms with van der Waals surface area (Å²) in [5, 5.41) is 2.83. The van der Waals surface area contributed by atoms with Gasteiger partial charge < -0.3 is 10.2 Å². The van der Waals surface area contributed by atoms with E-state index in [4.69, 9.17) is 0 Å². The molecule has 6 heteroatoms. The fraction of sp³-hybridized carbons (Fsp3) is 0.550. The van der Waals surface area contributed by atoms with Crippen molar-refractivity contribution in [3.63, 3.8) is 0 Å². The molecule has 2 saturated heterocycles. The van der Waals surface area contributed by atoms with Gasteiger partial charge in [-0.05, 0) is 45.1 Å². The van der Waals surface area contributed by atoms with Crippen molar-refractivity contribution >= 4 is 17.8 Å². The number of nitrogens with zero attached hydrogens (tertiary/aromatic N) is 2. The van der Waals surface area contributed by atoms with Gasteiger partial charge in [0.05, 0.1) is 0 Å². The minimum absolute atomic E-state index is 0.136. The molecule has 0 aromatic heterocycles. The minimum atomic E-state index is -1.09. The van der Waals surface area contributed by atoms with E-state index in [0.717, 1.165) is 29.7 Å². The van der Waals surface area contributed by atoms with Crippen LogP contribution in [0.5, 0.6) is 0 Å². The Hall–Kier alpha value is -2.37. The zero-order valence-electron chi connectivity index (χ0n) is 15.7. The predicted molar refractivity (Wildman–Crippen MR) is 98.3 cm³/mol. The van der Waals surface area contributed by atoms with E-state index in [9.17, 15) is 14.4 Å². The number of urea groups is 1. The molecule has 1 aromatic carbocycles. The zero-order chi connectivity index (χ0) is 18.9. The molecule has 1 N–H and O–H groups in total. The number of piperidine rings is 1. The third-order valence-corrected chi connectivity index (χ3v) is 5.75. The highest BCUT2D eigenvalue weighted by molar-refractivity contribution is 6.09. The lowest BCUT2D eigenvalue weighted by atomic mass is 9.87. The second kappa shape index (κ2) is 7.09. The van der Waals surface area contributed by atoms with E-state index in [1.807, 2.05) is 56.0 Å². The number of carbonyl (C=O) groups excluding carboxylic acids is 3. The summed E-state index contributed by atoms with van der Waals surface area (Å²) in [5.41, 5.74) is -0.340. The molecule has 0 bridgehead atoms. The smallest absolute Gasteiger partial charge is 0.325 e. The molecule has 6 nitrogen and oxygen atoms in total. The van der Waals surface area contributed by atoms with Crippen LogP contribution in [0.3, 0.4) is 0 Å². The van der Waals surface area contributed by atoms with Gasteiger partial charge in [0.15, 0.2) is 0 Å². The first-order valence-electron chi connectivity index (χ1n) is 9.41. The first kappa shape index (κ1) is 18.4. The van der Waals surface area contributed by atoms with Gasteiger partial charge in [-0.2, -0.15) is 0 Å². The first-order chi connectivity index (χ1) is 12.4. The molecule has 0 aliphatic carbocycles. The quantitative estimate of drug-likeness (QED) is 0.842. The number of hydrogen-bond acceptors (Lipinski definition) is 3. The molecule has 3 rings (SSSR count). The molecule has 26 heavy (non-hydrogen) atoms. The van der Waals surface area contributed by atoms with Gasteiger partial charge >= 0.3 is 6.03 Å². The van der Waals surface area contributed by atoms with Gasteiger partial charge in [-0.15, -0.1) is 0 Å². The minimum Gasteiger partial charge on any atom is -0.336 e. The number of carbonyl (C=O) groups is 3. The number of nitrogens with one attached hydrogen (secondary N) is 1. The van der Waals surface area contributed by atoms with Gasteiger partial charge in [-0.25, -0.2) is 4.79 Å². The van der Waals surface area contributed by atoms with Crippen molar-refractivity contribution in [3.05, 3.63) is 35.9 Å². The van der Waals surface area contributed by atoms with Gasteiger partial charge in [0, 0.05) is 12.1 Å². The van der Waals surface area contributed by atoms with Crippen molar-refractivity contribution in [2.24, 2.45) is 0 Å². The Morgan fingerprint density at radius 1 is 1.15 bits per heavy atom. The Balaban J connectivity index is 1.82. The largest absolute Gasteiger partial charge is 0.336 e. The van der Waals surface area contributed by atoms with Gasteiger partial charge in [-0.3, -0.25) is 14.5 Å². The lowest BCUT2D eigenvalue weighted by Gasteiger charge is -2.39. The summed E-state index contributed by atoms with van der Waals surface area (Å²) in [7, 11) is 0. The highest BCUT2D eigenvalue weighted by Crippen LogP contribution is 2.32. The van der Waals surface area contributed by atoms with Crippen LogP contribution in [0.2, 0.25) is 0 Å². The number of rotatable bonds is 4. The molecular formula is C20H27N3O3. The van der Waals surface area contributed by atoms with Crippen molar-refractivity contribution in [2.75, 3.05) is 6.54 Å². The molecule has 0 radical (unpaired) electrons. The molecule has 2 heterocycles. The Kier molecular flexibility index (Phi) is 5.03. The van der Waals surface area contributed by atoms with E-state index in [1.165, 1.54) is 0 Å². The van der Waals surface area contributed by atoms with Crippen LogP contribution in [-0.2, 0) is 15.1 Å². The average molecular weight is 357 g/mol. The summed E-state index contributed by atoms with van der Waals surface area (Å²) in [6.07, 6.45) is 3.45. The highest BCUT2D eigenvalue weighted by atomic mass is 16.2. The Morgan fingerprint density at radius 2 is 1.77 bits per heavy atom. The lowest BCUT2D eigenvalue weighted by Crippen LogP contribution is -2.52.